The number of aliphatic hydroxyl groups excluding tert-OH is 2. The van der Waals surface area contributed by atoms with E-state index in [0.717, 1.165) is 39.3 Å². The highest BCUT2D eigenvalue weighted by molar-refractivity contribution is 5.95. The van der Waals surface area contributed by atoms with Crippen molar-refractivity contribution in [2.24, 2.45) is 5.92 Å². The molecule has 1 saturated heterocycles. The van der Waals surface area contributed by atoms with Crippen molar-refractivity contribution < 1.29 is 50.8 Å². The molecule has 5 atom stereocenters. The van der Waals surface area contributed by atoms with Crippen molar-refractivity contribution in [2.75, 3.05) is 19.0 Å². The number of nitrogens with one attached hydrogen (secondary N) is 1. The maximum absolute atomic E-state index is 14.0. The van der Waals surface area contributed by atoms with Gasteiger partial charge in [0.05, 0.1) is 36.9 Å². The number of anilines is 1. The molecule has 0 unspecified atom stereocenters. The summed E-state index contributed by atoms with van der Waals surface area (Å²) in [6, 6.07) is 5.51. The van der Waals surface area contributed by atoms with Gasteiger partial charge >= 0.3 is 12.4 Å². The lowest BCUT2D eigenvalue weighted by atomic mass is 9.76. The van der Waals surface area contributed by atoms with Crippen LogP contribution in [-0.4, -0.2) is 52.7 Å². The topological polar surface area (TPSA) is 101 Å². The van der Waals surface area contributed by atoms with E-state index in [4.69, 9.17) is 14.6 Å². The number of hydrogen-bond donors (Lipinski definition) is 3. The minimum atomic E-state index is -4.95. The second-order valence-corrected chi connectivity index (χ2v) is 8.54. The maximum atomic E-state index is 14.0. The van der Waals surface area contributed by atoms with Gasteiger partial charge in [-0.3, -0.25) is 9.78 Å². The molecule has 1 fully saturated rings. The van der Waals surface area contributed by atoms with Gasteiger partial charge in [-0.2, -0.15) is 26.3 Å². The van der Waals surface area contributed by atoms with Crippen molar-refractivity contribution >= 4 is 11.6 Å². The van der Waals surface area contributed by atoms with E-state index in [1.807, 2.05) is 0 Å². The summed E-state index contributed by atoms with van der Waals surface area (Å²) < 4.78 is 93.1. The fraction of sp³-hybridized carbons (Fsp3) is 0.478. The second kappa shape index (κ2) is 9.87. The van der Waals surface area contributed by atoms with Gasteiger partial charge in [-0.05, 0) is 25.1 Å². The van der Waals surface area contributed by atoms with Crippen LogP contribution in [0.1, 0.15) is 42.7 Å². The first-order chi connectivity index (χ1) is 16.7. The Bertz CT molecular complexity index is 1090. The molecule has 3 rings (SSSR count). The van der Waals surface area contributed by atoms with Crippen molar-refractivity contribution in [1.29, 1.82) is 0 Å². The molecule has 3 N–H and O–H groups in total. The average molecular weight is 522 g/mol. The number of carbonyl (C=O) groups is 1. The SMILES string of the molecule is COc1c([C@@H]2[C@@H](C(=O)Nc3ccc([C@@H](O)CO)nc3)O[C@](C)(C(F)(F)F)[C@@H]2C)cccc1C(F)(F)F. The Morgan fingerprint density at radius 3 is 2.39 bits per heavy atom. The summed E-state index contributed by atoms with van der Waals surface area (Å²) in [5.41, 5.74) is -4.20. The van der Waals surface area contributed by atoms with E-state index >= 15 is 0 Å². The standard InChI is InChI=1S/C23H24F6N2O5/c1-11-17(13-5-4-6-14(18(13)35-3)22(24,25)26)19(36-21(11,2)23(27,28)29)20(34)31-12-7-8-15(30-9-12)16(33)10-32/h4-9,11,16-17,19,32-33H,10H2,1-3H3,(H,31,34)/t11-,16+,17-,19+,21+/m1/s1. The minimum Gasteiger partial charge on any atom is -0.496 e. The number of amides is 1. The highest BCUT2D eigenvalue weighted by Gasteiger charge is 2.66. The molecule has 1 aliphatic rings. The van der Waals surface area contributed by atoms with E-state index in [9.17, 15) is 36.2 Å². The van der Waals surface area contributed by atoms with Crippen LogP contribution in [0.2, 0.25) is 0 Å². The number of alkyl halides is 6. The number of hydrogen-bond acceptors (Lipinski definition) is 6. The van der Waals surface area contributed by atoms with Crippen LogP contribution in [0.15, 0.2) is 36.5 Å². The number of pyridine rings is 1. The van der Waals surface area contributed by atoms with Gasteiger partial charge in [0.2, 0.25) is 0 Å². The van der Waals surface area contributed by atoms with Crippen molar-refractivity contribution in [2.45, 2.75) is 49.9 Å². The second-order valence-electron chi connectivity index (χ2n) is 8.54. The number of benzene rings is 1. The molecule has 2 heterocycles. The maximum Gasteiger partial charge on any atom is 0.419 e. The molecular weight excluding hydrogens is 498 g/mol. The largest absolute Gasteiger partial charge is 0.496 e. The van der Waals surface area contributed by atoms with Crippen LogP contribution in [0.25, 0.3) is 0 Å². The molecule has 7 nitrogen and oxygen atoms in total. The Hall–Kier alpha value is -2.90. The van der Waals surface area contributed by atoms with Crippen LogP contribution in [-0.2, 0) is 15.7 Å². The molecule has 1 aromatic carbocycles. The molecule has 1 aliphatic heterocycles. The molecular formula is C23H24F6N2O5. The van der Waals surface area contributed by atoms with E-state index in [1.165, 1.54) is 18.2 Å². The van der Waals surface area contributed by atoms with Gasteiger partial charge in [0, 0.05) is 17.4 Å². The van der Waals surface area contributed by atoms with Gasteiger partial charge in [-0.25, -0.2) is 0 Å². The third kappa shape index (κ3) is 5.00. The Morgan fingerprint density at radius 1 is 1.22 bits per heavy atom. The zero-order valence-corrected chi connectivity index (χ0v) is 19.3. The Labute approximate surface area is 202 Å². The summed E-state index contributed by atoms with van der Waals surface area (Å²) >= 11 is 0. The van der Waals surface area contributed by atoms with Crippen molar-refractivity contribution in [1.82, 2.24) is 4.98 Å². The summed E-state index contributed by atoms with van der Waals surface area (Å²) in [4.78, 5) is 17.0. The molecule has 0 saturated carbocycles. The third-order valence-corrected chi connectivity index (χ3v) is 6.41. The van der Waals surface area contributed by atoms with Crippen LogP contribution in [0.4, 0.5) is 32.0 Å². The van der Waals surface area contributed by atoms with Crippen molar-refractivity contribution in [3.05, 3.63) is 53.3 Å². The van der Waals surface area contributed by atoms with Crippen LogP contribution >= 0.6 is 0 Å². The zero-order valence-electron chi connectivity index (χ0n) is 19.3. The molecule has 1 amide bonds. The Balaban J connectivity index is 2.05. The normalized spacial score (nSPS) is 25.5. The zero-order chi connectivity index (χ0) is 27.1. The average Bonchev–Trinajstić information content (AvgIpc) is 3.09. The van der Waals surface area contributed by atoms with Crippen molar-refractivity contribution in [3.63, 3.8) is 0 Å². The van der Waals surface area contributed by atoms with Gasteiger partial charge in [0.15, 0.2) is 5.60 Å². The monoisotopic (exact) mass is 522 g/mol. The van der Waals surface area contributed by atoms with Gasteiger partial charge < -0.3 is 25.0 Å². The predicted octanol–water partition coefficient (Wildman–Crippen LogP) is 4.21. The number of aliphatic hydroxyl groups is 2. The number of rotatable bonds is 6. The number of aromatic nitrogens is 1. The molecule has 0 spiro atoms. The van der Waals surface area contributed by atoms with Gasteiger partial charge in [-0.1, -0.05) is 19.1 Å². The molecule has 0 aliphatic carbocycles. The summed E-state index contributed by atoms with van der Waals surface area (Å²) in [7, 11) is 0.959. The van der Waals surface area contributed by atoms with Crippen LogP contribution < -0.4 is 10.1 Å². The molecule has 1 aromatic heterocycles. The smallest absolute Gasteiger partial charge is 0.419 e. The lowest BCUT2D eigenvalue weighted by Gasteiger charge is -2.32. The first-order valence-electron chi connectivity index (χ1n) is 10.7. The van der Waals surface area contributed by atoms with Crippen LogP contribution in [0, 0.1) is 5.92 Å². The third-order valence-electron chi connectivity index (χ3n) is 6.41. The molecule has 198 valence electrons. The van der Waals surface area contributed by atoms with Crippen LogP contribution in [0.5, 0.6) is 5.75 Å². The quantitative estimate of drug-likeness (QED) is 0.492. The summed E-state index contributed by atoms with van der Waals surface area (Å²) in [6.45, 7) is 1.28. The number of para-hydroxylation sites is 1. The number of halogens is 6. The first kappa shape index (κ1) is 27.7. The molecule has 2 aromatic rings. The van der Waals surface area contributed by atoms with E-state index in [2.05, 4.69) is 10.3 Å². The fourth-order valence-corrected chi connectivity index (χ4v) is 4.27. The number of nitrogens with zero attached hydrogens (tertiary/aromatic N) is 1. The van der Waals surface area contributed by atoms with E-state index in [0.29, 0.717) is 0 Å². The summed E-state index contributed by atoms with van der Waals surface area (Å²) in [6.07, 6.45) is -11.8. The molecule has 0 radical (unpaired) electrons. The number of carbonyl (C=O) groups excluding carboxylic acids is 1. The number of ether oxygens (including phenoxy) is 2. The highest BCUT2D eigenvalue weighted by Crippen LogP contribution is 2.55. The van der Waals surface area contributed by atoms with Crippen LogP contribution in [0.3, 0.4) is 0 Å². The highest BCUT2D eigenvalue weighted by atomic mass is 19.4. The first-order valence-corrected chi connectivity index (χ1v) is 10.7. The number of methoxy groups -OCH3 is 1. The van der Waals surface area contributed by atoms with E-state index in [1.54, 1.807) is 0 Å². The lowest BCUT2D eigenvalue weighted by molar-refractivity contribution is -0.272. The van der Waals surface area contributed by atoms with Gasteiger partial charge in [0.1, 0.15) is 18.0 Å². The lowest BCUT2D eigenvalue weighted by Crippen LogP contribution is -2.47. The Morgan fingerprint density at radius 2 is 1.89 bits per heavy atom. The minimum absolute atomic E-state index is 0.0283. The van der Waals surface area contributed by atoms with Gasteiger partial charge in [0.25, 0.3) is 5.91 Å². The summed E-state index contributed by atoms with van der Waals surface area (Å²) in [5, 5.41) is 21.0. The van der Waals surface area contributed by atoms with E-state index < -0.39 is 65.8 Å². The van der Waals surface area contributed by atoms with Crippen molar-refractivity contribution in [3.8, 4) is 5.75 Å². The fourth-order valence-electron chi connectivity index (χ4n) is 4.27. The molecule has 0 bridgehead atoms. The van der Waals surface area contributed by atoms with E-state index in [-0.39, 0.29) is 16.9 Å². The van der Waals surface area contributed by atoms with Gasteiger partial charge in [-0.15, -0.1) is 0 Å². The summed E-state index contributed by atoms with van der Waals surface area (Å²) in [5.74, 6) is -4.68. The Kier molecular flexibility index (Phi) is 7.59. The molecule has 36 heavy (non-hydrogen) atoms. The predicted molar refractivity (Wildman–Crippen MR) is 114 cm³/mol. The molecule has 13 heteroatoms.